The van der Waals surface area contributed by atoms with Gasteiger partial charge in [0.1, 0.15) is 0 Å². The smallest absolute Gasteiger partial charge is 0.329 e. The van der Waals surface area contributed by atoms with Crippen LogP contribution in [0.4, 0.5) is 17.6 Å². The Bertz CT molecular complexity index is 735. The van der Waals surface area contributed by atoms with Crippen LogP contribution < -0.4 is 0 Å². The number of nitrogens with zero attached hydrogens (tertiary/aromatic N) is 3. The van der Waals surface area contributed by atoms with Gasteiger partial charge in [0, 0.05) is 31.0 Å². The number of amides is 1. The van der Waals surface area contributed by atoms with Crippen molar-refractivity contribution in [2.24, 2.45) is 0 Å². The summed E-state index contributed by atoms with van der Waals surface area (Å²) in [4.78, 5) is 16.4. The third-order valence-electron chi connectivity index (χ3n) is 3.63. The third-order valence-corrected chi connectivity index (χ3v) is 3.63. The predicted octanol–water partition coefficient (Wildman–Crippen LogP) is 3.29. The van der Waals surface area contributed by atoms with Crippen LogP contribution in [-0.4, -0.2) is 33.8 Å². The molecule has 1 amide bonds. The molecule has 0 atom stereocenters. The van der Waals surface area contributed by atoms with E-state index < -0.39 is 23.8 Å². The monoisotopic (exact) mass is 329 g/mol. The molecule has 3 rings (SSSR count). The highest BCUT2D eigenvalue weighted by Gasteiger charge is 2.49. The summed E-state index contributed by atoms with van der Waals surface area (Å²) in [5.41, 5.74) is 0.476. The lowest BCUT2D eigenvalue weighted by atomic mass is 10.1. The van der Waals surface area contributed by atoms with Crippen LogP contribution in [0.3, 0.4) is 0 Å². The fourth-order valence-corrected chi connectivity index (χ4v) is 2.03. The van der Waals surface area contributed by atoms with Crippen molar-refractivity contribution in [2.75, 3.05) is 7.05 Å². The first-order valence-electron chi connectivity index (χ1n) is 6.69. The standard InChI is InChI=1S/C14H11F4N3O2/c1-21(13(15)6-7-13)11(22)9-4-2-8(3-5-9)10-19-12(23-20-10)14(16,17)18/h2-5H,6-7H2,1H3. The van der Waals surface area contributed by atoms with Crippen LogP contribution in [0.5, 0.6) is 0 Å². The minimum atomic E-state index is -4.72. The molecule has 0 saturated heterocycles. The molecular formula is C14H11F4N3O2. The summed E-state index contributed by atoms with van der Waals surface area (Å²) in [5.74, 6) is -3.78. The minimum Gasteiger partial charge on any atom is -0.329 e. The zero-order valence-electron chi connectivity index (χ0n) is 11.9. The maximum absolute atomic E-state index is 13.9. The summed E-state index contributed by atoms with van der Waals surface area (Å²) in [5, 5.41) is 3.25. The highest BCUT2D eigenvalue weighted by molar-refractivity contribution is 5.95. The summed E-state index contributed by atoms with van der Waals surface area (Å²) in [6, 6.07) is 5.51. The highest BCUT2D eigenvalue weighted by atomic mass is 19.4. The second-order valence-electron chi connectivity index (χ2n) is 5.28. The van der Waals surface area contributed by atoms with Gasteiger partial charge < -0.3 is 9.42 Å². The fraction of sp³-hybridized carbons (Fsp3) is 0.357. The van der Waals surface area contributed by atoms with Gasteiger partial charge in [-0.1, -0.05) is 17.3 Å². The first kappa shape index (κ1) is 15.4. The number of rotatable bonds is 3. The number of alkyl halides is 4. The van der Waals surface area contributed by atoms with E-state index in [1.54, 1.807) is 0 Å². The van der Waals surface area contributed by atoms with Crippen molar-refractivity contribution < 1.29 is 26.9 Å². The lowest BCUT2D eigenvalue weighted by Gasteiger charge is -2.21. The van der Waals surface area contributed by atoms with E-state index in [4.69, 9.17) is 0 Å². The molecule has 5 nitrogen and oxygen atoms in total. The number of hydrogen-bond donors (Lipinski definition) is 0. The fourth-order valence-electron chi connectivity index (χ4n) is 2.03. The van der Waals surface area contributed by atoms with E-state index >= 15 is 0 Å². The van der Waals surface area contributed by atoms with Crippen LogP contribution >= 0.6 is 0 Å². The van der Waals surface area contributed by atoms with Crippen molar-refractivity contribution in [3.63, 3.8) is 0 Å². The Morgan fingerprint density at radius 2 is 1.87 bits per heavy atom. The molecule has 122 valence electrons. The number of halogens is 4. The number of benzene rings is 1. The van der Waals surface area contributed by atoms with Crippen molar-refractivity contribution in [2.45, 2.75) is 24.8 Å². The van der Waals surface area contributed by atoms with Crippen molar-refractivity contribution in [3.05, 3.63) is 35.7 Å². The average Bonchev–Trinajstić information content (AvgIpc) is 3.06. The molecule has 1 saturated carbocycles. The van der Waals surface area contributed by atoms with Crippen LogP contribution in [0.2, 0.25) is 0 Å². The van der Waals surface area contributed by atoms with Crippen molar-refractivity contribution in [1.29, 1.82) is 0 Å². The van der Waals surface area contributed by atoms with Crippen molar-refractivity contribution >= 4 is 5.91 Å². The normalized spacial score (nSPS) is 16.2. The molecule has 0 bridgehead atoms. The molecular weight excluding hydrogens is 318 g/mol. The van der Waals surface area contributed by atoms with E-state index in [0.717, 1.165) is 4.90 Å². The van der Waals surface area contributed by atoms with Gasteiger partial charge in [0.05, 0.1) is 0 Å². The van der Waals surface area contributed by atoms with Gasteiger partial charge in [-0.2, -0.15) is 18.2 Å². The van der Waals surface area contributed by atoms with E-state index in [9.17, 15) is 22.4 Å². The first-order chi connectivity index (χ1) is 10.7. The molecule has 1 aromatic heterocycles. The summed E-state index contributed by atoms with van der Waals surface area (Å²) in [6.45, 7) is 0. The lowest BCUT2D eigenvalue weighted by molar-refractivity contribution is -0.159. The summed E-state index contributed by atoms with van der Waals surface area (Å²) < 4.78 is 55.2. The minimum absolute atomic E-state index is 0.222. The largest absolute Gasteiger partial charge is 0.471 e. The summed E-state index contributed by atoms with van der Waals surface area (Å²) in [6.07, 6.45) is -4.11. The molecule has 23 heavy (non-hydrogen) atoms. The van der Waals surface area contributed by atoms with Gasteiger partial charge >= 0.3 is 12.1 Å². The molecule has 1 aromatic carbocycles. The Hall–Kier alpha value is -2.45. The van der Waals surface area contributed by atoms with Crippen LogP contribution in [-0.2, 0) is 6.18 Å². The van der Waals surface area contributed by atoms with E-state index in [1.807, 2.05) is 0 Å². The van der Waals surface area contributed by atoms with Crippen LogP contribution in [0.25, 0.3) is 11.4 Å². The van der Waals surface area contributed by atoms with Crippen LogP contribution in [0, 0.1) is 0 Å². The highest BCUT2D eigenvalue weighted by Crippen LogP contribution is 2.42. The molecule has 0 radical (unpaired) electrons. The van der Waals surface area contributed by atoms with Gasteiger partial charge in [0.25, 0.3) is 5.91 Å². The Kier molecular flexibility index (Phi) is 3.38. The van der Waals surface area contributed by atoms with Gasteiger partial charge in [-0.25, -0.2) is 4.39 Å². The molecule has 1 heterocycles. The quantitative estimate of drug-likeness (QED) is 0.640. The maximum atomic E-state index is 13.9. The summed E-state index contributed by atoms with van der Waals surface area (Å²) in [7, 11) is 1.37. The topological polar surface area (TPSA) is 59.2 Å². The number of carbonyl (C=O) groups is 1. The zero-order valence-corrected chi connectivity index (χ0v) is 11.9. The summed E-state index contributed by atoms with van der Waals surface area (Å²) >= 11 is 0. The number of carbonyl (C=O) groups excluding carboxylic acids is 1. The van der Waals surface area contributed by atoms with Crippen molar-refractivity contribution in [3.8, 4) is 11.4 Å². The van der Waals surface area contributed by atoms with Crippen molar-refractivity contribution in [1.82, 2.24) is 15.0 Å². The van der Waals surface area contributed by atoms with Gasteiger partial charge in [-0.3, -0.25) is 4.79 Å². The molecule has 0 aliphatic heterocycles. The lowest BCUT2D eigenvalue weighted by Crippen LogP contribution is -2.35. The Labute approximate surface area is 127 Å². The molecule has 1 fully saturated rings. The van der Waals surface area contributed by atoms with E-state index in [-0.39, 0.29) is 17.0 Å². The molecule has 0 spiro atoms. The van der Waals surface area contributed by atoms with E-state index in [2.05, 4.69) is 14.7 Å². The van der Waals surface area contributed by atoms with E-state index in [0.29, 0.717) is 12.8 Å². The molecule has 0 N–H and O–H groups in total. The van der Waals surface area contributed by atoms with Gasteiger partial charge in [0.2, 0.25) is 5.82 Å². The zero-order chi connectivity index (χ0) is 16.8. The number of aromatic nitrogens is 2. The van der Waals surface area contributed by atoms with Gasteiger partial charge in [-0.05, 0) is 12.1 Å². The molecule has 2 aromatic rings. The first-order valence-corrected chi connectivity index (χ1v) is 6.69. The Balaban J connectivity index is 1.79. The number of hydrogen-bond acceptors (Lipinski definition) is 4. The second-order valence-corrected chi connectivity index (χ2v) is 5.28. The molecule has 0 unspecified atom stereocenters. The van der Waals surface area contributed by atoms with E-state index in [1.165, 1.54) is 31.3 Å². The molecule has 1 aliphatic rings. The Morgan fingerprint density at radius 3 is 2.35 bits per heavy atom. The molecule has 9 heteroatoms. The second kappa shape index (κ2) is 5.04. The van der Waals surface area contributed by atoms with Gasteiger partial charge in [-0.15, -0.1) is 0 Å². The SMILES string of the molecule is CN(C(=O)c1ccc(-c2noc(C(F)(F)F)n2)cc1)C1(F)CC1. The van der Waals surface area contributed by atoms with Crippen LogP contribution in [0.1, 0.15) is 29.1 Å². The average molecular weight is 329 g/mol. The maximum Gasteiger partial charge on any atom is 0.471 e. The molecule has 1 aliphatic carbocycles. The van der Waals surface area contributed by atoms with Gasteiger partial charge in [0.15, 0.2) is 5.79 Å². The van der Waals surface area contributed by atoms with Crippen LogP contribution in [0.15, 0.2) is 28.8 Å². The third kappa shape index (κ3) is 2.90. The Morgan fingerprint density at radius 1 is 1.26 bits per heavy atom. The predicted molar refractivity (Wildman–Crippen MR) is 69.9 cm³/mol.